The van der Waals surface area contributed by atoms with E-state index in [0.29, 0.717) is 17.2 Å². The fraction of sp³-hybridized carbons (Fsp3) is 0.429. The number of rotatable bonds is 5. The van der Waals surface area contributed by atoms with E-state index in [9.17, 15) is 9.59 Å². The van der Waals surface area contributed by atoms with Gasteiger partial charge in [-0.05, 0) is 12.8 Å². The molecule has 1 amide bonds. The number of anilines is 1. The Hall–Kier alpha value is -2.24. The summed E-state index contributed by atoms with van der Waals surface area (Å²) in [5, 5.41) is 2.74. The number of hydrogen-bond acceptors (Lipinski definition) is 5. The number of esters is 1. The molecule has 0 aromatic heterocycles. The Morgan fingerprint density at radius 2 is 1.70 bits per heavy atom. The summed E-state index contributed by atoms with van der Waals surface area (Å²) in [6.45, 7) is 0. The number of carbonyl (C=O) groups is 2. The van der Waals surface area contributed by atoms with Crippen molar-refractivity contribution >= 4 is 17.6 Å². The van der Waals surface area contributed by atoms with E-state index in [4.69, 9.17) is 14.2 Å². The number of ether oxygens (including phenoxy) is 3. The maximum Gasteiger partial charge on any atom is 0.340 e. The maximum absolute atomic E-state index is 11.9. The Morgan fingerprint density at radius 1 is 1.10 bits per heavy atom. The minimum atomic E-state index is -0.544. The summed E-state index contributed by atoms with van der Waals surface area (Å²) in [5.41, 5.74) is 0.602. The lowest BCUT2D eigenvalue weighted by Gasteiger charge is -2.14. The first-order valence-electron chi connectivity index (χ1n) is 6.26. The Bertz CT molecular complexity index is 537. The Morgan fingerprint density at radius 3 is 2.20 bits per heavy atom. The van der Waals surface area contributed by atoms with Crippen molar-refractivity contribution in [2.24, 2.45) is 5.92 Å². The van der Waals surface area contributed by atoms with Crippen LogP contribution in [0.3, 0.4) is 0 Å². The van der Waals surface area contributed by atoms with Crippen LogP contribution in [0.15, 0.2) is 12.1 Å². The highest BCUT2D eigenvalue weighted by Crippen LogP contribution is 2.35. The van der Waals surface area contributed by atoms with E-state index in [0.717, 1.165) is 12.8 Å². The van der Waals surface area contributed by atoms with Crippen LogP contribution < -0.4 is 14.8 Å². The lowest BCUT2D eigenvalue weighted by Crippen LogP contribution is -2.17. The highest BCUT2D eigenvalue weighted by Gasteiger charge is 2.30. The zero-order valence-electron chi connectivity index (χ0n) is 11.7. The van der Waals surface area contributed by atoms with Crippen molar-refractivity contribution in [3.8, 4) is 11.5 Å². The summed E-state index contributed by atoms with van der Waals surface area (Å²) in [5.74, 6) is 0.233. The molecule has 1 N–H and O–H groups in total. The van der Waals surface area contributed by atoms with Gasteiger partial charge in [-0.1, -0.05) is 0 Å². The third kappa shape index (κ3) is 2.84. The Labute approximate surface area is 117 Å². The van der Waals surface area contributed by atoms with Crippen molar-refractivity contribution in [1.29, 1.82) is 0 Å². The second-order valence-corrected chi connectivity index (χ2v) is 4.51. The molecule has 1 fully saturated rings. The van der Waals surface area contributed by atoms with E-state index < -0.39 is 5.97 Å². The molecule has 6 nitrogen and oxygen atoms in total. The molecule has 0 atom stereocenters. The van der Waals surface area contributed by atoms with Crippen molar-refractivity contribution in [3.63, 3.8) is 0 Å². The van der Waals surface area contributed by atoms with Crippen molar-refractivity contribution in [1.82, 2.24) is 0 Å². The lowest BCUT2D eigenvalue weighted by atomic mass is 10.1. The first kappa shape index (κ1) is 14.2. The summed E-state index contributed by atoms with van der Waals surface area (Å²) >= 11 is 0. The van der Waals surface area contributed by atoms with Gasteiger partial charge in [0.1, 0.15) is 0 Å². The summed E-state index contributed by atoms with van der Waals surface area (Å²) in [6, 6.07) is 3.05. The molecule has 1 saturated carbocycles. The summed E-state index contributed by atoms with van der Waals surface area (Å²) < 4.78 is 15.0. The molecule has 0 bridgehead atoms. The molecule has 1 aromatic carbocycles. The van der Waals surface area contributed by atoms with Crippen molar-refractivity contribution in [2.75, 3.05) is 26.6 Å². The van der Waals surface area contributed by atoms with E-state index in [1.54, 1.807) is 6.07 Å². The van der Waals surface area contributed by atoms with Gasteiger partial charge in [0.15, 0.2) is 11.5 Å². The van der Waals surface area contributed by atoms with Crippen LogP contribution in [-0.4, -0.2) is 33.2 Å². The number of carbonyl (C=O) groups excluding carboxylic acids is 2. The van der Waals surface area contributed by atoms with Gasteiger partial charge in [-0.2, -0.15) is 0 Å². The van der Waals surface area contributed by atoms with Gasteiger partial charge in [-0.25, -0.2) is 4.79 Å². The molecule has 0 saturated heterocycles. The van der Waals surface area contributed by atoms with Gasteiger partial charge in [0.05, 0.1) is 32.6 Å². The van der Waals surface area contributed by atoms with Crippen molar-refractivity contribution < 1.29 is 23.8 Å². The van der Waals surface area contributed by atoms with Crippen LogP contribution in [0.2, 0.25) is 0 Å². The minimum absolute atomic E-state index is 0.0357. The predicted molar refractivity (Wildman–Crippen MR) is 72.2 cm³/mol. The molecule has 0 spiro atoms. The number of benzene rings is 1. The first-order valence-corrected chi connectivity index (χ1v) is 6.26. The van der Waals surface area contributed by atoms with Gasteiger partial charge in [-0.15, -0.1) is 0 Å². The van der Waals surface area contributed by atoms with Crippen LogP contribution in [0.25, 0.3) is 0 Å². The molecular weight excluding hydrogens is 262 g/mol. The average molecular weight is 279 g/mol. The minimum Gasteiger partial charge on any atom is -0.493 e. The fourth-order valence-corrected chi connectivity index (χ4v) is 1.84. The van der Waals surface area contributed by atoms with Crippen molar-refractivity contribution in [2.45, 2.75) is 12.8 Å². The van der Waals surface area contributed by atoms with Crippen molar-refractivity contribution in [3.05, 3.63) is 17.7 Å². The molecule has 0 aliphatic heterocycles. The molecule has 0 heterocycles. The van der Waals surface area contributed by atoms with E-state index in [-0.39, 0.29) is 17.4 Å². The predicted octanol–water partition coefficient (Wildman–Crippen LogP) is 1.84. The lowest BCUT2D eigenvalue weighted by molar-refractivity contribution is -0.117. The summed E-state index contributed by atoms with van der Waals surface area (Å²) in [7, 11) is 4.25. The van der Waals surface area contributed by atoms with Gasteiger partial charge < -0.3 is 19.5 Å². The molecule has 0 radical (unpaired) electrons. The molecule has 2 rings (SSSR count). The van der Waals surface area contributed by atoms with Crippen LogP contribution in [0, 0.1) is 5.92 Å². The van der Waals surface area contributed by atoms with E-state index in [1.807, 2.05) is 0 Å². The summed E-state index contributed by atoms with van der Waals surface area (Å²) in [6.07, 6.45) is 1.76. The zero-order valence-corrected chi connectivity index (χ0v) is 11.7. The van der Waals surface area contributed by atoms with Crippen LogP contribution in [0.5, 0.6) is 11.5 Å². The molecule has 1 aliphatic carbocycles. The SMILES string of the molecule is COC(=O)c1cc(OC)c(OC)cc1NC(=O)C1CC1. The van der Waals surface area contributed by atoms with E-state index in [1.165, 1.54) is 27.4 Å². The number of amides is 1. The van der Waals surface area contributed by atoms with Gasteiger partial charge in [0.25, 0.3) is 0 Å². The number of methoxy groups -OCH3 is 3. The Balaban J connectivity index is 2.39. The highest BCUT2D eigenvalue weighted by molar-refractivity contribution is 6.03. The topological polar surface area (TPSA) is 73.9 Å². The molecule has 6 heteroatoms. The zero-order chi connectivity index (χ0) is 14.7. The normalized spacial score (nSPS) is 13.6. The van der Waals surface area contributed by atoms with E-state index in [2.05, 4.69) is 5.32 Å². The molecule has 108 valence electrons. The Kier molecular flexibility index (Phi) is 4.12. The smallest absolute Gasteiger partial charge is 0.340 e. The third-order valence-electron chi connectivity index (χ3n) is 3.14. The van der Waals surface area contributed by atoms with Crippen LogP contribution >= 0.6 is 0 Å². The number of hydrogen-bond donors (Lipinski definition) is 1. The maximum atomic E-state index is 11.9. The second-order valence-electron chi connectivity index (χ2n) is 4.51. The highest BCUT2D eigenvalue weighted by atomic mass is 16.5. The van der Waals surface area contributed by atoms with Gasteiger partial charge in [0.2, 0.25) is 5.91 Å². The van der Waals surface area contributed by atoms with Gasteiger partial charge in [-0.3, -0.25) is 4.79 Å². The van der Waals surface area contributed by atoms with Crippen LogP contribution in [0.4, 0.5) is 5.69 Å². The molecule has 1 aliphatic rings. The first-order chi connectivity index (χ1) is 9.60. The number of nitrogens with one attached hydrogen (secondary N) is 1. The van der Waals surface area contributed by atoms with Crippen LogP contribution in [-0.2, 0) is 9.53 Å². The van der Waals surface area contributed by atoms with E-state index >= 15 is 0 Å². The van der Waals surface area contributed by atoms with Gasteiger partial charge in [0, 0.05) is 18.1 Å². The average Bonchev–Trinajstić information content (AvgIpc) is 3.30. The molecule has 1 aromatic rings. The third-order valence-corrected chi connectivity index (χ3v) is 3.14. The van der Waals surface area contributed by atoms with Crippen LogP contribution in [0.1, 0.15) is 23.2 Å². The fourth-order valence-electron chi connectivity index (χ4n) is 1.84. The standard InChI is InChI=1S/C14H17NO5/c1-18-11-6-9(14(17)20-3)10(7-12(11)19-2)15-13(16)8-4-5-8/h6-8H,4-5H2,1-3H3,(H,15,16). The summed E-state index contributed by atoms with van der Waals surface area (Å²) in [4.78, 5) is 23.7. The monoisotopic (exact) mass is 279 g/mol. The van der Waals surface area contributed by atoms with Gasteiger partial charge >= 0.3 is 5.97 Å². The molecular formula is C14H17NO5. The molecule has 20 heavy (non-hydrogen) atoms. The quantitative estimate of drug-likeness (QED) is 0.832. The largest absolute Gasteiger partial charge is 0.493 e. The second kappa shape index (κ2) is 5.81. The molecule has 0 unspecified atom stereocenters.